The molecule has 1 nitrogen and oxygen atoms in total. The molecule has 0 saturated heterocycles. The Kier molecular flexibility index (Phi) is 3.38. The van der Waals surface area contributed by atoms with Crippen molar-refractivity contribution in [3.05, 3.63) is 65.5 Å². The normalized spacial score (nSPS) is 21.4. The average Bonchev–Trinajstić information content (AvgIpc) is 2.39. The minimum atomic E-state index is -0.455. The van der Waals surface area contributed by atoms with Crippen LogP contribution in [0.3, 0.4) is 0 Å². The summed E-state index contributed by atoms with van der Waals surface area (Å²) in [5, 5.41) is 3.01. The van der Waals surface area contributed by atoms with Gasteiger partial charge in [-0.25, -0.2) is 13.2 Å². The van der Waals surface area contributed by atoms with Gasteiger partial charge < -0.3 is 5.32 Å². The Morgan fingerprint density at radius 1 is 0.850 bits per heavy atom. The van der Waals surface area contributed by atoms with Gasteiger partial charge in [0.1, 0.15) is 17.5 Å². The van der Waals surface area contributed by atoms with Crippen LogP contribution in [-0.2, 0) is 0 Å². The highest BCUT2D eigenvalue weighted by Gasteiger charge is 2.30. The Morgan fingerprint density at radius 2 is 1.50 bits per heavy atom. The lowest BCUT2D eigenvalue weighted by Crippen LogP contribution is -2.34. The number of rotatable bonds is 3. The average molecular weight is 277 g/mol. The smallest absolute Gasteiger partial charge is 0.146 e. The van der Waals surface area contributed by atoms with Crippen molar-refractivity contribution in [3.8, 4) is 0 Å². The van der Waals surface area contributed by atoms with Crippen LogP contribution < -0.4 is 5.32 Å². The maximum absolute atomic E-state index is 13.5. The molecule has 0 amide bonds. The van der Waals surface area contributed by atoms with Gasteiger partial charge in [0, 0.05) is 6.04 Å². The lowest BCUT2D eigenvalue weighted by Gasteiger charge is -2.37. The third kappa shape index (κ3) is 2.64. The molecule has 2 aromatic carbocycles. The second-order valence-corrected chi connectivity index (χ2v) is 5.19. The Bertz CT molecular complexity index is 604. The molecule has 1 fully saturated rings. The van der Waals surface area contributed by atoms with E-state index in [0.717, 1.165) is 30.5 Å². The monoisotopic (exact) mass is 277 g/mol. The summed E-state index contributed by atoms with van der Waals surface area (Å²) in [6.07, 6.45) is 1.67. The van der Waals surface area contributed by atoms with Crippen LogP contribution in [0.4, 0.5) is 18.9 Å². The van der Waals surface area contributed by atoms with Crippen LogP contribution in [0, 0.1) is 17.5 Å². The van der Waals surface area contributed by atoms with Crippen molar-refractivity contribution in [2.24, 2.45) is 0 Å². The SMILES string of the molecule is Fc1ccc(C2CC(Nc3cc(F)ccc3F)C2)cc1. The second-order valence-electron chi connectivity index (χ2n) is 5.19. The predicted octanol–water partition coefficient (Wildman–Crippen LogP) is 4.46. The molecule has 104 valence electrons. The Morgan fingerprint density at radius 3 is 2.20 bits per heavy atom. The molecule has 0 unspecified atom stereocenters. The molecule has 1 N–H and O–H groups in total. The Balaban J connectivity index is 1.60. The van der Waals surface area contributed by atoms with E-state index in [1.165, 1.54) is 18.2 Å². The lowest BCUT2D eigenvalue weighted by atomic mass is 9.76. The highest BCUT2D eigenvalue weighted by molar-refractivity contribution is 5.46. The summed E-state index contributed by atoms with van der Waals surface area (Å²) in [6, 6.07) is 9.96. The summed E-state index contributed by atoms with van der Waals surface area (Å²) in [4.78, 5) is 0. The van der Waals surface area contributed by atoms with Crippen LogP contribution in [0.1, 0.15) is 24.3 Å². The molecule has 0 radical (unpaired) electrons. The van der Waals surface area contributed by atoms with Crippen LogP contribution in [0.5, 0.6) is 0 Å². The zero-order valence-electron chi connectivity index (χ0n) is 10.7. The molecule has 20 heavy (non-hydrogen) atoms. The number of hydrogen-bond acceptors (Lipinski definition) is 1. The molecule has 2 aromatic rings. The van der Waals surface area contributed by atoms with Gasteiger partial charge in [0.25, 0.3) is 0 Å². The third-order valence-corrected chi connectivity index (χ3v) is 3.77. The van der Waals surface area contributed by atoms with E-state index in [0.29, 0.717) is 5.92 Å². The first-order chi connectivity index (χ1) is 9.61. The lowest BCUT2D eigenvalue weighted by molar-refractivity contribution is 0.372. The van der Waals surface area contributed by atoms with Gasteiger partial charge >= 0.3 is 0 Å². The Hall–Kier alpha value is -1.97. The van der Waals surface area contributed by atoms with Gasteiger partial charge in [-0.15, -0.1) is 0 Å². The summed E-state index contributed by atoms with van der Waals surface area (Å²) < 4.78 is 39.4. The zero-order chi connectivity index (χ0) is 14.1. The fourth-order valence-corrected chi connectivity index (χ4v) is 2.57. The van der Waals surface area contributed by atoms with Gasteiger partial charge in [0.15, 0.2) is 0 Å². The van der Waals surface area contributed by atoms with Gasteiger partial charge in [-0.2, -0.15) is 0 Å². The molecule has 1 aliphatic rings. The van der Waals surface area contributed by atoms with Crippen molar-refractivity contribution in [3.63, 3.8) is 0 Å². The highest BCUT2D eigenvalue weighted by Crippen LogP contribution is 2.38. The fourth-order valence-electron chi connectivity index (χ4n) is 2.57. The van der Waals surface area contributed by atoms with E-state index in [9.17, 15) is 13.2 Å². The molecule has 0 bridgehead atoms. The predicted molar refractivity (Wildman–Crippen MR) is 72.1 cm³/mol. The standard InChI is InChI=1S/C16H14F3N/c17-12-3-1-10(2-4-12)11-7-14(8-11)20-16-9-13(18)5-6-15(16)19/h1-6,9,11,14,20H,7-8H2. The van der Waals surface area contributed by atoms with Crippen LogP contribution >= 0.6 is 0 Å². The number of anilines is 1. The molecule has 0 aromatic heterocycles. The summed E-state index contributed by atoms with van der Waals surface area (Å²) in [5.41, 5.74) is 1.29. The number of hydrogen-bond donors (Lipinski definition) is 1. The number of nitrogens with one attached hydrogen (secondary N) is 1. The highest BCUT2D eigenvalue weighted by atomic mass is 19.1. The van der Waals surface area contributed by atoms with Crippen LogP contribution in [0.15, 0.2) is 42.5 Å². The molecule has 3 rings (SSSR count). The second kappa shape index (κ2) is 5.19. The molecular formula is C16H14F3N. The first kappa shape index (κ1) is 13.0. The van der Waals surface area contributed by atoms with Crippen molar-refractivity contribution in [2.75, 3.05) is 5.32 Å². The molecule has 0 heterocycles. The maximum Gasteiger partial charge on any atom is 0.146 e. The molecular weight excluding hydrogens is 263 g/mol. The van der Waals surface area contributed by atoms with Crippen molar-refractivity contribution in [1.82, 2.24) is 0 Å². The van der Waals surface area contributed by atoms with E-state index in [4.69, 9.17) is 0 Å². The van der Waals surface area contributed by atoms with Gasteiger partial charge in [0.2, 0.25) is 0 Å². The first-order valence-corrected chi connectivity index (χ1v) is 6.59. The topological polar surface area (TPSA) is 12.0 Å². The van der Waals surface area contributed by atoms with Crippen LogP contribution in [0.2, 0.25) is 0 Å². The zero-order valence-corrected chi connectivity index (χ0v) is 10.7. The quantitative estimate of drug-likeness (QED) is 0.873. The first-order valence-electron chi connectivity index (χ1n) is 6.59. The van der Waals surface area contributed by atoms with Gasteiger partial charge in [-0.05, 0) is 54.7 Å². The van der Waals surface area contributed by atoms with E-state index in [-0.39, 0.29) is 17.5 Å². The van der Waals surface area contributed by atoms with Crippen LogP contribution in [0.25, 0.3) is 0 Å². The molecule has 4 heteroatoms. The van der Waals surface area contributed by atoms with E-state index >= 15 is 0 Å². The van der Waals surface area contributed by atoms with E-state index in [2.05, 4.69) is 5.32 Å². The largest absolute Gasteiger partial charge is 0.380 e. The van der Waals surface area contributed by atoms with Crippen molar-refractivity contribution < 1.29 is 13.2 Å². The molecule has 0 aliphatic heterocycles. The van der Waals surface area contributed by atoms with E-state index in [1.54, 1.807) is 12.1 Å². The third-order valence-electron chi connectivity index (χ3n) is 3.77. The number of halogens is 3. The molecule has 0 atom stereocenters. The fraction of sp³-hybridized carbons (Fsp3) is 0.250. The molecule has 0 spiro atoms. The van der Waals surface area contributed by atoms with Crippen LogP contribution in [-0.4, -0.2) is 6.04 Å². The van der Waals surface area contributed by atoms with Crippen molar-refractivity contribution in [2.45, 2.75) is 24.8 Å². The summed E-state index contributed by atoms with van der Waals surface area (Å²) in [6.45, 7) is 0. The number of benzene rings is 2. The molecule has 1 saturated carbocycles. The van der Waals surface area contributed by atoms with Gasteiger partial charge in [0.05, 0.1) is 5.69 Å². The summed E-state index contributed by atoms with van der Waals surface area (Å²) >= 11 is 0. The minimum absolute atomic E-state index is 0.126. The van der Waals surface area contributed by atoms with Gasteiger partial charge in [-0.1, -0.05) is 12.1 Å². The molecule has 1 aliphatic carbocycles. The van der Waals surface area contributed by atoms with Crippen molar-refractivity contribution in [1.29, 1.82) is 0 Å². The van der Waals surface area contributed by atoms with E-state index < -0.39 is 11.6 Å². The maximum atomic E-state index is 13.5. The summed E-state index contributed by atoms with van der Waals surface area (Å²) in [7, 11) is 0. The summed E-state index contributed by atoms with van der Waals surface area (Å²) in [5.74, 6) is -0.797. The minimum Gasteiger partial charge on any atom is -0.380 e. The Labute approximate surface area is 115 Å². The van der Waals surface area contributed by atoms with Gasteiger partial charge in [-0.3, -0.25) is 0 Å². The van der Waals surface area contributed by atoms with E-state index in [1.807, 2.05) is 0 Å². The van der Waals surface area contributed by atoms with Crippen molar-refractivity contribution >= 4 is 5.69 Å².